The lowest BCUT2D eigenvalue weighted by molar-refractivity contribution is 0.474. The van der Waals surface area contributed by atoms with Crippen LogP contribution in [0, 0.1) is 0 Å². The van der Waals surface area contributed by atoms with Crippen LogP contribution in [-0.2, 0) is 6.54 Å². The number of hydrogen-bond donors (Lipinski definition) is 2. The molecule has 5 heteroatoms. The number of aromatic hydroxyl groups is 1. The first kappa shape index (κ1) is 16.7. The highest BCUT2D eigenvalue weighted by molar-refractivity contribution is 5.78. The number of phenolic OH excluding ortho intramolecular Hbond substituents is 1. The molecule has 4 rings (SSSR count). The molecular weight excluding hydrogens is 342 g/mol. The minimum Gasteiger partial charge on any atom is -0.508 e. The molecule has 0 aliphatic rings. The van der Waals surface area contributed by atoms with E-state index < -0.39 is 0 Å². The van der Waals surface area contributed by atoms with Gasteiger partial charge in [0.05, 0.1) is 17.2 Å². The van der Waals surface area contributed by atoms with Gasteiger partial charge < -0.3 is 19.6 Å². The van der Waals surface area contributed by atoms with Crippen LogP contribution < -0.4 is 15.5 Å². The first-order valence-corrected chi connectivity index (χ1v) is 8.49. The summed E-state index contributed by atoms with van der Waals surface area (Å²) in [6, 6.07) is 21.5. The zero-order valence-corrected chi connectivity index (χ0v) is 14.4. The van der Waals surface area contributed by atoms with Crippen molar-refractivity contribution >= 4 is 16.7 Å². The van der Waals surface area contributed by atoms with Crippen molar-refractivity contribution < 1.29 is 14.3 Å². The summed E-state index contributed by atoms with van der Waals surface area (Å²) in [6.07, 6.45) is 1.42. The highest BCUT2D eigenvalue weighted by Gasteiger charge is 2.08. The first-order chi connectivity index (χ1) is 13.2. The normalized spacial score (nSPS) is 10.7. The van der Waals surface area contributed by atoms with Crippen LogP contribution in [0.15, 0.2) is 88.3 Å². The lowest BCUT2D eigenvalue weighted by atomic mass is 10.1. The van der Waals surface area contributed by atoms with Crippen LogP contribution in [0.1, 0.15) is 5.56 Å². The van der Waals surface area contributed by atoms with E-state index in [9.17, 15) is 9.90 Å². The summed E-state index contributed by atoms with van der Waals surface area (Å²) < 4.78 is 11.2. The van der Waals surface area contributed by atoms with Gasteiger partial charge in [-0.05, 0) is 48.5 Å². The average molecular weight is 359 g/mol. The second kappa shape index (κ2) is 7.25. The number of para-hydroxylation sites is 1. The van der Waals surface area contributed by atoms with Gasteiger partial charge in [-0.25, -0.2) is 0 Å². The predicted octanol–water partition coefficient (Wildman–Crippen LogP) is 4.90. The molecule has 0 aliphatic carbocycles. The van der Waals surface area contributed by atoms with E-state index >= 15 is 0 Å². The van der Waals surface area contributed by atoms with Crippen molar-refractivity contribution in [2.24, 2.45) is 0 Å². The Morgan fingerprint density at radius 3 is 2.44 bits per heavy atom. The molecule has 0 bridgehead atoms. The summed E-state index contributed by atoms with van der Waals surface area (Å²) in [5.41, 5.74) is 1.62. The SMILES string of the molecule is O=c1c(CNc2ccc(Oc3ccccc3)cc2)coc2cc(O)ccc12. The summed E-state index contributed by atoms with van der Waals surface area (Å²) in [7, 11) is 0. The minimum atomic E-state index is -0.118. The Bertz CT molecular complexity index is 1120. The number of fused-ring (bicyclic) bond motifs is 1. The van der Waals surface area contributed by atoms with Crippen molar-refractivity contribution in [3.8, 4) is 17.2 Å². The third-order valence-electron chi connectivity index (χ3n) is 4.15. The highest BCUT2D eigenvalue weighted by atomic mass is 16.5. The van der Waals surface area contributed by atoms with Gasteiger partial charge in [0.15, 0.2) is 5.43 Å². The Hall–Kier alpha value is -3.73. The van der Waals surface area contributed by atoms with Gasteiger partial charge in [-0.2, -0.15) is 0 Å². The zero-order chi connectivity index (χ0) is 18.6. The molecule has 5 nitrogen and oxygen atoms in total. The van der Waals surface area contributed by atoms with Gasteiger partial charge in [0, 0.05) is 18.3 Å². The summed E-state index contributed by atoms with van der Waals surface area (Å²) in [5, 5.41) is 13.1. The van der Waals surface area contributed by atoms with Crippen molar-refractivity contribution in [3.63, 3.8) is 0 Å². The molecule has 0 saturated heterocycles. The van der Waals surface area contributed by atoms with Crippen molar-refractivity contribution in [2.45, 2.75) is 6.54 Å². The molecule has 2 N–H and O–H groups in total. The molecule has 0 saturated carbocycles. The fourth-order valence-corrected chi connectivity index (χ4v) is 2.74. The average Bonchev–Trinajstić information content (AvgIpc) is 2.69. The van der Waals surface area contributed by atoms with E-state index in [2.05, 4.69) is 5.32 Å². The van der Waals surface area contributed by atoms with Gasteiger partial charge in [-0.15, -0.1) is 0 Å². The molecule has 0 fully saturated rings. The fraction of sp³-hybridized carbons (Fsp3) is 0.0455. The standard InChI is InChI=1S/C22H17NO4/c24-17-8-11-20-21(12-17)26-14-15(22(20)25)13-23-16-6-9-19(10-7-16)27-18-4-2-1-3-5-18/h1-12,14,23-24H,13H2. The Morgan fingerprint density at radius 1 is 0.926 bits per heavy atom. The maximum absolute atomic E-state index is 12.5. The molecule has 0 spiro atoms. The Morgan fingerprint density at radius 2 is 1.67 bits per heavy atom. The molecular formula is C22H17NO4. The molecule has 1 aromatic heterocycles. The Kier molecular flexibility index (Phi) is 4.49. The topological polar surface area (TPSA) is 71.7 Å². The molecule has 134 valence electrons. The number of anilines is 1. The van der Waals surface area contributed by atoms with Crippen LogP contribution in [0.2, 0.25) is 0 Å². The van der Waals surface area contributed by atoms with Crippen molar-refractivity contribution in [3.05, 3.63) is 94.8 Å². The summed E-state index contributed by atoms with van der Waals surface area (Å²) >= 11 is 0. The molecule has 0 unspecified atom stereocenters. The van der Waals surface area contributed by atoms with E-state index in [-0.39, 0.29) is 11.2 Å². The van der Waals surface area contributed by atoms with Crippen LogP contribution >= 0.6 is 0 Å². The van der Waals surface area contributed by atoms with Crippen molar-refractivity contribution in [1.82, 2.24) is 0 Å². The zero-order valence-electron chi connectivity index (χ0n) is 14.4. The van der Waals surface area contributed by atoms with Crippen LogP contribution in [-0.4, -0.2) is 5.11 Å². The van der Waals surface area contributed by atoms with E-state index in [1.165, 1.54) is 18.4 Å². The second-order valence-electron chi connectivity index (χ2n) is 6.06. The number of phenols is 1. The fourth-order valence-electron chi connectivity index (χ4n) is 2.74. The maximum Gasteiger partial charge on any atom is 0.197 e. The quantitative estimate of drug-likeness (QED) is 0.530. The van der Waals surface area contributed by atoms with Crippen molar-refractivity contribution in [1.29, 1.82) is 0 Å². The Balaban J connectivity index is 1.46. The summed E-state index contributed by atoms with van der Waals surface area (Å²) in [4.78, 5) is 12.5. The third kappa shape index (κ3) is 3.77. The van der Waals surface area contributed by atoms with Crippen LogP contribution in [0.5, 0.6) is 17.2 Å². The van der Waals surface area contributed by atoms with E-state index in [4.69, 9.17) is 9.15 Å². The largest absolute Gasteiger partial charge is 0.508 e. The number of rotatable bonds is 5. The molecule has 0 aliphatic heterocycles. The molecule has 27 heavy (non-hydrogen) atoms. The molecule has 3 aromatic carbocycles. The highest BCUT2D eigenvalue weighted by Crippen LogP contribution is 2.23. The molecule has 4 aromatic rings. The monoisotopic (exact) mass is 359 g/mol. The summed E-state index contributed by atoms with van der Waals surface area (Å²) in [6.45, 7) is 0.331. The van der Waals surface area contributed by atoms with Gasteiger partial charge in [-0.1, -0.05) is 18.2 Å². The van der Waals surface area contributed by atoms with Gasteiger partial charge in [0.25, 0.3) is 0 Å². The summed E-state index contributed by atoms with van der Waals surface area (Å²) in [5.74, 6) is 1.57. The predicted molar refractivity (Wildman–Crippen MR) is 104 cm³/mol. The van der Waals surface area contributed by atoms with Crippen LogP contribution in [0.25, 0.3) is 11.0 Å². The second-order valence-corrected chi connectivity index (χ2v) is 6.06. The number of benzene rings is 3. The van der Waals surface area contributed by atoms with Crippen molar-refractivity contribution in [2.75, 3.05) is 5.32 Å². The molecule has 1 heterocycles. The third-order valence-corrected chi connectivity index (χ3v) is 4.15. The van der Waals surface area contributed by atoms with Gasteiger partial charge in [0.1, 0.15) is 22.8 Å². The molecule has 0 radical (unpaired) electrons. The van der Waals surface area contributed by atoms with E-state index in [0.717, 1.165) is 17.2 Å². The molecule has 0 atom stereocenters. The van der Waals surface area contributed by atoms with Crippen LogP contribution in [0.4, 0.5) is 5.69 Å². The van der Waals surface area contributed by atoms with Crippen LogP contribution in [0.3, 0.4) is 0 Å². The smallest absolute Gasteiger partial charge is 0.197 e. The number of nitrogens with one attached hydrogen (secondary N) is 1. The Labute approximate surface area is 155 Å². The van der Waals surface area contributed by atoms with Gasteiger partial charge >= 0.3 is 0 Å². The van der Waals surface area contributed by atoms with E-state index in [1.54, 1.807) is 6.07 Å². The lowest BCUT2D eigenvalue weighted by Crippen LogP contribution is -2.12. The van der Waals surface area contributed by atoms with E-state index in [1.807, 2.05) is 54.6 Å². The lowest BCUT2D eigenvalue weighted by Gasteiger charge is -2.09. The van der Waals surface area contributed by atoms with Gasteiger partial charge in [0.2, 0.25) is 0 Å². The maximum atomic E-state index is 12.5. The first-order valence-electron chi connectivity index (χ1n) is 8.49. The van der Waals surface area contributed by atoms with Gasteiger partial charge in [-0.3, -0.25) is 4.79 Å². The number of hydrogen-bond acceptors (Lipinski definition) is 5. The van der Waals surface area contributed by atoms with E-state index in [0.29, 0.717) is 23.1 Å². The molecule has 0 amide bonds. The minimum absolute atomic E-state index is 0.0642. The number of ether oxygens (including phenoxy) is 1.